The second kappa shape index (κ2) is 12.0. The molecule has 2 aromatic carbocycles. The third-order valence-corrected chi connectivity index (χ3v) is 10.6. The zero-order valence-electron chi connectivity index (χ0n) is 16.5. The molecule has 178 valence electrons. The largest absolute Gasteiger partial charge is 0.426 e. The highest BCUT2D eigenvalue weighted by Crippen LogP contribution is 2.36. The standard InChI is InChI=1S/C20H15I5O7S/c21-9-5-13(22)17(14(23)6-9)32-20(27)12-4-2-1-3-11(12)19(26)31-10-7-15(24)18(16(25)8-10)33(28,29)30/h5-8,11-12H,1-4H2,(H,28,29,30). The minimum absolute atomic E-state index is 0.153. The van der Waals surface area contributed by atoms with Gasteiger partial charge in [-0.1, -0.05) is 12.8 Å². The summed E-state index contributed by atoms with van der Waals surface area (Å²) in [5, 5.41) is 0. The van der Waals surface area contributed by atoms with Crippen molar-refractivity contribution < 1.29 is 32.0 Å². The minimum atomic E-state index is -4.41. The van der Waals surface area contributed by atoms with Crippen molar-refractivity contribution in [3.05, 3.63) is 42.1 Å². The Balaban J connectivity index is 1.80. The molecule has 1 fully saturated rings. The molecule has 0 heterocycles. The van der Waals surface area contributed by atoms with Gasteiger partial charge in [0.15, 0.2) is 5.75 Å². The Morgan fingerprint density at radius 2 is 1.24 bits per heavy atom. The first-order valence-electron chi connectivity index (χ1n) is 9.43. The van der Waals surface area contributed by atoms with Gasteiger partial charge in [-0.05, 0) is 150 Å². The van der Waals surface area contributed by atoms with Crippen LogP contribution >= 0.6 is 113 Å². The zero-order chi connectivity index (χ0) is 24.5. The summed E-state index contributed by atoms with van der Waals surface area (Å²) in [6.07, 6.45) is 2.62. The van der Waals surface area contributed by atoms with E-state index >= 15 is 0 Å². The average molecular weight is 1030 g/mol. The van der Waals surface area contributed by atoms with Crippen molar-refractivity contribution in [2.24, 2.45) is 11.8 Å². The van der Waals surface area contributed by atoms with E-state index < -0.39 is 33.9 Å². The van der Waals surface area contributed by atoms with Crippen LogP contribution in [0.2, 0.25) is 0 Å². The van der Waals surface area contributed by atoms with Crippen molar-refractivity contribution in [3.63, 3.8) is 0 Å². The average Bonchev–Trinajstić information content (AvgIpc) is 2.68. The molecule has 0 spiro atoms. The molecule has 1 saturated carbocycles. The van der Waals surface area contributed by atoms with Crippen LogP contribution in [0.1, 0.15) is 25.7 Å². The van der Waals surface area contributed by atoms with Crippen molar-refractivity contribution in [1.82, 2.24) is 0 Å². The van der Waals surface area contributed by atoms with Gasteiger partial charge in [0, 0.05) is 10.7 Å². The first kappa shape index (κ1) is 28.5. The Labute approximate surface area is 259 Å². The van der Waals surface area contributed by atoms with Crippen LogP contribution in [0.5, 0.6) is 11.5 Å². The van der Waals surface area contributed by atoms with Crippen LogP contribution in [0.25, 0.3) is 0 Å². The Morgan fingerprint density at radius 1 is 0.788 bits per heavy atom. The molecule has 7 nitrogen and oxygen atoms in total. The van der Waals surface area contributed by atoms with E-state index in [2.05, 4.69) is 67.8 Å². The van der Waals surface area contributed by atoms with Gasteiger partial charge in [0.1, 0.15) is 10.6 Å². The number of halogens is 5. The lowest BCUT2D eigenvalue weighted by Gasteiger charge is -2.28. The lowest BCUT2D eigenvalue weighted by molar-refractivity contribution is -0.152. The molecule has 2 atom stereocenters. The molecular formula is C20H15I5O7S. The van der Waals surface area contributed by atoms with Crippen molar-refractivity contribution in [3.8, 4) is 11.5 Å². The third-order valence-electron chi connectivity index (χ3n) is 4.99. The summed E-state index contributed by atoms with van der Waals surface area (Å²) in [6.45, 7) is 0. The van der Waals surface area contributed by atoms with Crippen LogP contribution < -0.4 is 9.47 Å². The summed E-state index contributed by atoms with van der Waals surface area (Å²) < 4.78 is 46.9. The lowest BCUT2D eigenvalue weighted by Crippen LogP contribution is -2.37. The van der Waals surface area contributed by atoms with Crippen LogP contribution in [0.15, 0.2) is 29.2 Å². The maximum atomic E-state index is 13.1. The number of esters is 2. The van der Waals surface area contributed by atoms with E-state index in [0.29, 0.717) is 18.6 Å². The molecular weight excluding hydrogens is 1020 g/mol. The van der Waals surface area contributed by atoms with Crippen LogP contribution in [-0.2, 0) is 19.7 Å². The summed E-state index contributed by atoms with van der Waals surface area (Å²) >= 11 is 9.97. The van der Waals surface area contributed by atoms with Crippen molar-refractivity contribution in [2.75, 3.05) is 0 Å². The summed E-state index contributed by atoms with van der Waals surface area (Å²) in [4.78, 5) is 25.8. The Kier molecular flexibility index (Phi) is 10.4. The van der Waals surface area contributed by atoms with Crippen LogP contribution in [-0.4, -0.2) is 24.9 Å². The number of carbonyl (C=O) groups excluding carboxylic acids is 2. The second-order valence-corrected chi connectivity index (χ2v) is 14.5. The molecule has 1 N–H and O–H groups in total. The molecule has 3 rings (SSSR count). The molecule has 13 heteroatoms. The predicted octanol–water partition coefficient (Wildman–Crippen LogP) is 6.27. The fourth-order valence-corrected chi connectivity index (χ4v) is 11.3. The topological polar surface area (TPSA) is 107 Å². The summed E-state index contributed by atoms with van der Waals surface area (Å²) in [6, 6.07) is 6.57. The molecule has 2 aromatic rings. The first-order valence-corrected chi connectivity index (χ1v) is 16.3. The number of hydrogen-bond donors (Lipinski definition) is 1. The van der Waals surface area contributed by atoms with Gasteiger partial charge < -0.3 is 9.47 Å². The molecule has 0 aromatic heterocycles. The highest BCUT2D eigenvalue weighted by Gasteiger charge is 2.39. The van der Waals surface area contributed by atoms with E-state index in [-0.39, 0.29) is 17.8 Å². The van der Waals surface area contributed by atoms with Crippen molar-refractivity contribution in [2.45, 2.75) is 30.6 Å². The number of benzene rings is 2. The van der Waals surface area contributed by atoms with Gasteiger partial charge in [-0.25, -0.2) is 0 Å². The normalized spacial score (nSPS) is 18.6. The van der Waals surface area contributed by atoms with Crippen LogP contribution in [0, 0.1) is 29.7 Å². The number of carbonyl (C=O) groups is 2. The molecule has 2 unspecified atom stereocenters. The van der Waals surface area contributed by atoms with Gasteiger partial charge in [-0.3, -0.25) is 14.1 Å². The molecule has 1 aliphatic carbocycles. The second-order valence-electron chi connectivity index (χ2n) is 7.23. The van der Waals surface area contributed by atoms with E-state index in [4.69, 9.17) is 9.47 Å². The number of ether oxygens (including phenoxy) is 2. The van der Waals surface area contributed by atoms with Gasteiger partial charge in [0.2, 0.25) is 0 Å². The quantitative estimate of drug-likeness (QED) is 0.163. The van der Waals surface area contributed by atoms with E-state index in [1.54, 1.807) is 45.2 Å². The predicted molar refractivity (Wildman–Crippen MR) is 163 cm³/mol. The van der Waals surface area contributed by atoms with Crippen LogP contribution in [0.3, 0.4) is 0 Å². The van der Waals surface area contributed by atoms with Gasteiger partial charge in [-0.2, -0.15) is 8.42 Å². The summed E-state index contributed by atoms with van der Waals surface area (Å²) in [5.74, 6) is -1.67. The molecule has 0 bridgehead atoms. The Bertz CT molecular complexity index is 1170. The van der Waals surface area contributed by atoms with E-state index in [0.717, 1.165) is 23.6 Å². The zero-order valence-corrected chi connectivity index (χ0v) is 28.1. The molecule has 0 radical (unpaired) electrons. The fraction of sp³-hybridized carbons (Fsp3) is 0.300. The monoisotopic (exact) mass is 1030 g/mol. The highest BCUT2D eigenvalue weighted by molar-refractivity contribution is 14.1. The molecule has 33 heavy (non-hydrogen) atoms. The summed E-state index contributed by atoms with van der Waals surface area (Å²) in [7, 11) is -4.41. The SMILES string of the molecule is O=C(Oc1cc(I)c(S(=O)(=O)O)c(I)c1)C1CCCCC1C(=O)Oc1c(I)cc(I)cc1I. The van der Waals surface area contributed by atoms with Crippen molar-refractivity contribution >= 4 is 135 Å². The van der Waals surface area contributed by atoms with Gasteiger partial charge in [-0.15, -0.1) is 0 Å². The Morgan fingerprint density at radius 3 is 1.70 bits per heavy atom. The van der Waals surface area contributed by atoms with Crippen LogP contribution in [0.4, 0.5) is 0 Å². The molecule has 0 amide bonds. The van der Waals surface area contributed by atoms with E-state index in [1.165, 1.54) is 12.1 Å². The maximum absolute atomic E-state index is 13.1. The van der Waals surface area contributed by atoms with E-state index in [1.807, 2.05) is 12.1 Å². The number of rotatable bonds is 5. The maximum Gasteiger partial charge on any atom is 0.315 e. The Hall–Kier alpha value is 0.940. The number of hydrogen-bond acceptors (Lipinski definition) is 6. The summed E-state index contributed by atoms with van der Waals surface area (Å²) in [5.41, 5.74) is 0. The van der Waals surface area contributed by atoms with Gasteiger partial charge in [0.25, 0.3) is 10.1 Å². The molecule has 1 aliphatic rings. The highest BCUT2D eigenvalue weighted by atomic mass is 127. The van der Waals surface area contributed by atoms with E-state index in [9.17, 15) is 22.6 Å². The third kappa shape index (κ3) is 7.25. The lowest BCUT2D eigenvalue weighted by atomic mass is 9.79. The molecule has 0 saturated heterocycles. The van der Waals surface area contributed by atoms with Gasteiger partial charge >= 0.3 is 11.9 Å². The fourth-order valence-electron chi connectivity index (χ4n) is 3.53. The smallest absolute Gasteiger partial charge is 0.315 e. The van der Waals surface area contributed by atoms with Crippen molar-refractivity contribution in [1.29, 1.82) is 0 Å². The minimum Gasteiger partial charge on any atom is -0.426 e. The first-order chi connectivity index (χ1) is 15.4. The van der Waals surface area contributed by atoms with Gasteiger partial charge in [0.05, 0.1) is 19.0 Å². The molecule has 0 aliphatic heterocycles.